The topological polar surface area (TPSA) is 59.0 Å². The molecular formula is C13H14ClFN4O. The molecule has 0 aliphatic heterocycles. The second-order valence-electron chi connectivity index (χ2n) is 4.19. The summed E-state index contributed by atoms with van der Waals surface area (Å²) in [6.45, 7) is 0.432. The van der Waals surface area contributed by atoms with E-state index in [1.807, 2.05) is 0 Å². The smallest absolute Gasteiger partial charge is 0.241 e. The number of anilines is 1. The summed E-state index contributed by atoms with van der Waals surface area (Å²) in [6.07, 6.45) is 3.25. The molecule has 2 N–H and O–H groups in total. The van der Waals surface area contributed by atoms with Gasteiger partial charge in [-0.2, -0.15) is 5.10 Å². The molecule has 0 aliphatic carbocycles. The number of rotatable bonds is 5. The number of halogens is 2. The first-order valence-electron chi connectivity index (χ1n) is 5.99. The van der Waals surface area contributed by atoms with E-state index < -0.39 is 0 Å². The molecular weight excluding hydrogens is 283 g/mol. The van der Waals surface area contributed by atoms with E-state index in [1.165, 1.54) is 16.8 Å². The van der Waals surface area contributed by atoms with E-state index in [0.717, 1.165) is 0 Å². The molecule has 2 aromatic rings. The van der Waals surface area contributed by atoms with E-state index in [1.54, 1.807) is 25.5 Å². The molecule has 0 aliphatic rings. The van der Waals surface area contributed by atoms with Crippen LogP contribution in [0.1, 0.15) is 5.56 Å². The highest BCUT2D eigenvalue weighted by Crippen LogP contribution is 2.16. The van der Waals surface area contributed by atoms with Gasteiger partial charge < -0.3 is 10.6 Å². The molecule has 0 saturated carbocycles. The summed E-state index contributed by atoms with van der Waals surface area (Å²) in [6, 6.07) is 4.40. The monoisotopic (exact) mass is 296 g/mol. The zero-order valence-electron chi connectivity index (χ0n) is 10.9. The molecule has 20 heavy (non-hydrogen) atoms. The first kappa shape index (κ1) is 14.3. The minimum Gasteiger partial charge on any atom is -0.378 e. The van der Waals surface area contributed by atoms with Crippen molar-refractivity contribution in [3.05, 3.63) is 47.0 Å². The Kier molecular flexibility index (Phi) is 4.57. The van der Waals surface area contributed by atoms with E-state index in [2.05, 4.69) is 15.7 Å². The molecule has 1 aromatic heterocycles. The molecule has 1 amide bonds. The van der Waals surface area contributed by atoms with Gasteiger partial charge in [-0.05, 0) is 18.2 Å². The van der Waals surface area contributed by atoms with Crippen LogP contribution in [0.15, 0.2) is 30.6 Å². The van der Waals surface area contributed by atoms with E-state index in [4.69, 9.17) is 11.6 Å². The van der Waals surface area contributed by atoms with Gasteiger partial charge in [-0.3, -0.25) is 9.48 Å². The third kappa shape index (κ3) is 3.71. The second kappa shape index (κ2) is 6.38. The van der Waals surface area contributed by atoms with Gasteiger partial charge in [0.1, 0.15) is 12.4 Å². The van der Waals surface area contributed by atoms with E-state index in [0.29, 0.717) is 16.3 Å². The number of carbonyl (C=O) groups excluding carboxylic acids is 1. The molecule has 2 rings (SSSR count). The molecule has 0 atom stereocenters. The van der Waals surface area contributed by atoms with Crippen molar-refractivity contribution in [2.75, 3.05) is 12.4 Å². The molecule has 0 bridgehead atoms. The van der Waals surface area contributed by atoms with Gasteiger partial charge in [0.2, 0.25) is 5.91 Å². The number of benzene rings is 1. The molecule has 106 valence electrons. The molecule has 7 heteroatoms. The van der Waals surface area contributed by atoms with Crippen LogP contribution in [0.2, 0.25) is 5.02 Å². The normalized spacial score (nSPS) is 10.3. The maximum atomic E-state index is 13.5. The number of aromatic nitrogens is 2. The van der Waals surface area contributed by atoms with Crippen LogP contribution in [0.25, 0.3) is 0 Å². The van der Waals surface area contributed by atoms with Gasteiger partial charge in [-0.1, -0.05) is 11.6 Å². The van der Waals surface area contributed by atoms with Crippen LogP contribution < -0.4 is 10.6 Å². The number of amides is 1. The van der Waals surface area contributed by atoms with Gasteiger partial charge in [-0.25, -0.2) is 4.39 Å². The van der Waals surface area contributed by atoms with Crippen molar-refractivity contribution < 1.29 is 9.18 Å². The van der Waals surface area contributed by atoms with Crippen molar-refractivity contribution >= 4 is 23.2 Å². The van der Waals surface area contributed by atoms with Gasteiger partial charge in [-0.15, -0.1) is 0 Å². The van der Waals surface area contributed by atoms with Gasteiger partial charge in [0, 0.05) is 30.4 Å². The van der Waals surface area contributed by atoms with E-state index in [-0.39, 0.29) is 24.8 Å². The van der Waals surface area contributed by atoms with Gasteiger partial charge in [0.05, 0.1) is 11.9 Å². The average Bonchev–Trinajstić information content (AvgIpc) is 2.87. The largest absolute Gasteiger partial charge is 0.378 e. The standard InChI is InChI=1S/C13H14ClFN4O/c1-16-13(20)8-19-7-11(6-18-19)17-5-9-4-10(14)2-3-12(9)15/h2-4,6-7,17H,5,8H2,1H3,(H,16,20). The Morgan fingerprint density at radius 1 is 1.50 bits per heavy atom. The first-order valence-corrected chi connectivity index (χ1v) is 6.37. The first-order chi connectivity index (χ1) is 9.58. The van der Waals surface area contributed by atoms with Crippen molar-refractivity contribution in [1.29, 1.82) is 0 Å². The number of nitrogens with zero attached hydrogens (tertiary/aromatic N) is 2. The summed E-state index contributed by atoms with van der Waals surface area (Å²) in [4.78, 5) is 11.2. The minimum atomic E-state index is -0.320. The molecule has 0 unspecified atom stereocenters. The Balaban J connectivity index is 1.97. The number of nitrogens with one attached hydrogen (secondary N) is 2. The fourth-order valence-electron chi connectivity index (χ4n) is 1.64. The summed E-state index contributed by atoms with van der Waals surface area (Å²) in [5.41, 5.74) is 1.17. The predicted octanol–water partition coefficient (Wildman–Crippen LogP) is 2.03. The SMILES string of the molecule is CNC(=O)Cn1cc(NCc2cc(Cl)ccc2F)cn1. The Hall–Kier alpha value is -2.08. The zero-order valence-corrected chi connectivity index (χ0v) is 11.6. The zero-order chi connectivity index (χ0) is 14.5. The molecule has 0 saturated heterocycles. The van der Waals surface area contributed by atoms with Crippen LogP contribution in [0, 0.1) is 5.82 Å². The van der Waals surface area contributed by atoms with Crippen LogP contribution in [-0.4, -0.2) is 22.7 Å². The van der Waals surface area contributed by atoms with Crippen LogP contribution in [0.3, 0.4) is 0 Å². The quantitative estimate of drug-likeness (QED) is 0.887. The summed E-state index contributed by atoms with van der Waals surface area (Å²) in [5.74, 6) is -0.458. The number of carbonyl (C=O) groups is 1. The summed E-state index contributed by atoms with van der Waals surface area (Å²) < 4.78 is 15.0. The summed E-state index contributed by atoms with van der Waals surface area (Å²) >= 11 is 5.82. The Morgan fingerprint density at radius 3 is 3.05 bits per heavy atom. The van der Waals surface area contributed by atoms with Crippen LogP contribution >= 0.6 is 11.6 Å². The van der Waals surface area contributed by atoms with Crippen LogP contribution in [-0.2, 0) is 17.9 Å². The highest BCUT2D eigenvalue weighted by atomic mass is 35.5. The Bertz CT molecular complexity index is 614. The lowest BCUT2D eigenvalue weighted by molar-refractivity contribution is -0.121. The lowest BCUT2D eigenvalue weighted by atomic mass is 10.2. The molecule has 1 heterocycles. The minimum absolute atomic E-state index is 0.138. The molecule has 1 aromatic carbocycles. The second-order valence-corrected chi connectivity index (χ2v) is 4.63. The fraction of sp³-hybridized carbons (Fsp3) is 0.231. The Morgan fingerprint density at radius 2 is 2.30 bits per heavy atom. The van der Waals surface area contributed by atoms with Gasteiger partial charge in [0.25, 0.3) is 0 Å². The summed E-state index contributed by atoms with van der Waals surface area (Å²) in [7, 11) is 1.56. The number of hydrogen-bond donors (Lipinski definition) is 2. The number of hydrogen-bond acceptors (Lipinski definition) is 3. The highest BCUT2D eigenvalue weighted by molar-refractivity contribution is 6.30. The molecule has 0 radical (unpaired) electrons. The lowest BCUT2D eigenvalue weighted by Gasteiger charge is -2.05. The van der Waals surface area contributed by atoms with E-state index in [9.17, 15) is 9.18 Å². The molecule has 0 spiro atoms. The maximum absolute atomic E-state index is 13.5. The molecule has 5 nitrogen and oxygen atoms in total. The summed E-state index contributed by atoms with van der Waals surface area (Å²) in [5, 5.41) is 10.1. The van der Waals surface area contributed by atoms with Crippen LogP contribution in [0.4, 0.5) is 10.1 Å². The van der Waals surface area contributed by atoms with E-state index >= 15 is 0 Å². The average molecular weight is 297 g/mol. The van der Waals surface area contributed by atoms with Gasteiger partial charge >= 0.3 is 0 Å². The van der Waals surface area contributed by atoms with Crippen molar-refractivity contribution in [2.45, 2.75) is 13.1 Å². The van der Waals surface area contributed by atoms with Crippen LogP contribution in [0.5, 0.6) is 0 Å². The molecule has 0 fully saturated rings. The Labute approximate surface area is 120 Å². The third-order valence-corrected chi connectivity index (χ3v) is 2.94. The van der Waals surface area contributed by atoms with Crippen molar-refractivity contribution in [2.24, 2.45) is 0 Å². The van der Waals surface area contributed by atoms with Gasteiger partial charge in [0.15, 0.2) is 0 Å². The van der Waals surface area contributed by atoms with Crippen molar-refractivity contribution in [3.63, 3.8) is 0 Å². The highest BCUT2D eigenvalue weighted by Gasteiger charge is 2.05. The van der Waals surface area contributed by atoms with Crippen molar-refractivity contribution in [3.8, 4) is 0 Å². The third-order valence-electron chi connectivity index (χ3n) is 2.71. The lowest BCUT2D eigenvalue weighted by Crippen LogP contribution is -2.23. The maximum Gasteiger partial charge on any atom is 0.241 e. The predicted molar refractivity (Wildman–Crippen MR) is 75.0 cm³/mol. The van der Waals surface area contributed by atoms with Crippen molar-refractivity contribution in [1.82, 2.24) is 15.1 Å². The fourth-order valence-corrected chi connectivity index (χ4v) is 1.84. The number of likely N-dealkylation sites (N-methyl/N-ethyl adjacent to an activating group) is 1.